The van der Waals surface area contributed by atoms with Crippen LogP contribution in [0.1, 0.15) is 65.1 Å². The maximum atomic E-state index is 13.3. The Labute approximate surface area is 164 Å². The molecule has 2 heterocycles. The number of nitrogens with zero attached hydrogens (tertiary/aromatic N) is 2. The topological polar surface area (TPSA) is 75.4 Å². The number of rotatable bonds is 3. The van der Waals surface area contributed by atoms with Gasteiger partial charge in [-0.2, -0.15) is 0 Å². The van der Waals surface area contributed by atoms with Gasteiger partial charge in [-0.05, 0) is 25.7 Å². The Kier molecular flexibility index (Phi) is 5.77. The maximum absolute atomic E-state index is 13.3. The van der Waals surface area contributed by atoms with Crippen molar-refractivity contribution in [2.45, 2.75) is 70.6 Å². The molecule has 6 nitrogen and oxygen atoms in total. The van der Waals surface area contributed by atoms with Crippen molar-refractivity contribution in [2.24, 2.45) is 11.8 Å². The number of anilines is 1. The van der Waals surface area contributed by atoms with Crippen molar-refractivity contribution in [3.8, 4) is 0 Å². The van der Waals surface area contributed by atoms with Gasteiger partial charge in [0, 0.05) is 43.3 Å². The average molecular weight is 397 g/mol. The van der Waals surface area contributed by atoms with E-state index in [9.17, 15) is 18.4 Å². The largest absolute Gasteiger partial charge is 0.359 e. The molecule has 1 atom stereocenters. The summed E-state index contributed by atoms with van der Waals surface area (Å²) in [5, 5.41) is 6.67. The van der Waals surface area contributed by atoms with Crippen LogP contribution in [-0.4, -0.2) is 40.9 Å². The monoisotopic (exact) mass is 397 g/mol. The highest BCUT2D eigenvalue weighted by Crippen LogP contribution is 2.37. The van der Waals surface area contributed by atoms with Crippen LogP contribution in [0, 0.1) is 11.8 Å². The van der Waals surface area contributed by atoms with Crippen molar-refractivity contribution in [1.82, 2.24) is 10.1 Å². The summed E-state index contributed by atoms with van der Waals surface area (Å²) in [7, 11) is 0. The third-order valence-corrected chi connectivity index (χ3v) is 5.67. The number of aromatic nitrogens is 1. The van der Waals surface area contributed by atoms with Crippen LogP contribution in [0.3, 0.4) is 0 Å². The quantitative estimate of drug-likeness (QED) is 0.837. The van der Waals surface area contributed by atoms with Crippen LogP contribution in [0.25, 0.3) is 0 Å². The molecule has 2 fully saturated rings. The molecule has 8 heteroatoms. The second kappa shape index (κ2) is 7.79. The van der Waals surface area contributed by atoms with Gasteiger partial charge in [-0.25, -0.2) is 8.78 Å². The number of hydrogen-bond donors (Lipinski definition) is 1. The Balaban J connectivity index is 1.56. The van der Waals surface area contributed by atoms with E-state index in [1.54, 1.807) is 11.0 Å². The van der Waals surface area contributed by atoms with E-state index >= 15 is 0 Å². The van der Waals surface area contributed by atoms with Crippen LogP contribution < -0.4 is 5.32 Å². The maximum Gasteiger partial charge on any atom is 0.248 e. The Bertz CT molecular complexity index is 717. The minimum atomic E-state index is -2.65. The van der Waals surface area contributed by atoms with Gasteiger partial charge in [-0.15, -0.1) is 0 Å². The fourth-order valence-corrected chi connectivity index (χ4v) is 3.85. The summed E-state index contributed by atoms with van der Waals surface area (Å²) < 4.78 is 32.0. The van der Waals surface area contributed by atoms with Gasteiger partial charge < -0.3 is 14.7 Å². The number of carbonyl (C=O) groups is 2. The molecule has 156 valence electrons. The van der Waals surface area contributed by atoms with E-state index < -0.39 is 5.92 Å². The molecule has 0 bridgehead atoms. The number of alkyl halides is 2. The van der Waals surface area contributed by atoms with Crippen LogP contribution in [0.5, 0.6) is 0 Å². The molecule has 0 aromatic carbocycles. The number of likely N-dealkylation sites (tertiary alicyclic amines) is 1. The van der Waals surface area contributed by atoms with Crippen LogP contribution >= 0.6 is 0 Å². The third kappa shape index (κ3) is 4.89. The molecule has 3 rings (SSSR count). The lowest BCUT2D eigenvalue weighted by molar-refractivity contribution is -0.142. The number of carbonyl (C=O) groups excluding carboxylic acids is 2. The summed E-state index contributed by atoms with van der Waals surface area (Å²) in [6.45, 7) is 6.87. The van der Waals surface area contributed by atoms with Crippen molar-refractivity contribution in [2.75, 3.05) is 18.4 Å². The van der Waals surface area contributed by atoms with E-state index in [-0.39, 0.29) is 54.7 Å². The first-order chi connectivity index (χ1) is 13.0. The van der Waals surface area contributed by atoms with Crippen LogP contribution in [0.15, 0.2) is 10.6 Å². The average Bonchev–Trinajstić information content (AvgIpc) is 3.10. The molecular weight excluding hydrogens is 368 g/mol. The lowest BCUT2D eigenvalue weighted by Gasteiger charge is -2.36. The van der Waals surface area contributed by atoms with Gasteiger partial charge in [0.2, 0.25) is 17.7 Å². The first-order valence-corrected chi connectivity index (χ1v) is 10.00. The van der Waals surface area contributed by atoms with Crippen molar-refractivity contribution in [1.29, 1.82) is 0 Å². The number of hydrogen-bond acceptors (Lipinski definition) is 4. The molecule has 1 aromatic heterocycles. The lowest BCUT2D eigenvalue weighted by atomic mass is 9.85. The zero-order valence-corrected chi connectivity index (χ0v) is 16.8. The van der Waals surface area contributed by atoms with E-state index in [1.165, 1.54) is 0 Å². The Morgan fingerprint density at radius 1 is 1.21 bits per heavy atom. The molecule has 1 saturated carbocycles. The molecule has 1 aliphatic carbocycles. The van der Waals surface area contributed by atoms with Crippen molar-refractivity contribution in [3.05, 3.63) is 11.8 Å². The molecule has 2 amide bonds. The fourth-order valence-electron chi connectivity index (χ4n) is 3.85. The molecule has 1 aliphatic heterocycles. The number of piperidine rings is 1. The van der Waals surface area contributed by atoms with Gasteiger partial charge in [0.25, 0.3) is 0 Å². The predicted octanol–water partition coefficient (Wildman–Crippen LogP) is 3.97. The molecular formula is C20H29F2N3O3. The van der Waals surface area contributed by atoms with E-state index in [0.717, 1.165) is 6.42 Å². The highest BCUT2D eigenvalue weighted by molar-refractivity contribution is 5.92. The zero-order valence-electron chi connectivity index (χ0n) is 16.8. The molecule has 1 aromatic rings. The van der Waals surface area contributed by atoms with Gasteiger partial charge in [0.1, 0.15) is 5.76 Å². The molecule has 2 aliphatic rings. The number of halogens is 2. The van der Waals surface area contributed by atoms with Gasteiger partial charge in [0.05, 0.1) is 5.92 Å². The minimum absolute atomic E-state index is 0.0931. The first kappa shape index (κ1) is 20.7. The summed E-state index contributed by atoms with van der Waals surface area (Å²) >= 11 is 0. The van der Waals surface area contributed by atoms with Crippen LogP contribution in [0.2, 0.25) is 0 Å². The summed E-state index contributed by atoms with van der Waals surface area (Å²) in [5.41, 5.74) is -0.208. The fraction of sp³-hybridized carbons (Fsp3) is 0.750. The third-order valence-electron chi connectivity index (χ3n) is 5.67. The summed E-state index contributed by atoms with van der Waals surface area (Å²) in [4.78, 5) is 27.0. The zero-order chi connectivity index (χ0) is 20.5. The van der Waals surface area contributed by atoms with Gasteiger partial charge in [0.15, 0.2) is 5.82 Å². The second-order valence-corrected chi connectivity index (χ2v) is 9.07. The SMILES string of the molecule is CC(C)(C)c1cc(NC(=O)C2CCCN(C(=O)C3CCC(F)(F)CC3)C2)no1. The van der Waals surface area contributed by atoms with Crippen molar-refractivity contribution >= 4 is 17.6 Å². The molecule has 1 saturated heterocycles. The van der Waals surface area contributed by atoms with Gasteiger partial charge in [-0.1, -0.05) is 25.9 Å². The second-order valence-electron chi connectivity index (χ2n) is 9.07. The highest BCUT2D eigenvalue weighted by Gasteiger charge is 2.40. The summed E-state index contributed by atoms with van der Waals surface area (Å²) in [5.74, 6) is -2.58. The molecule has 0 radical (unpaired) electrons. The Morgan fingerprint density at radius 3 is 2.50 bits per heavy atom. The number of nitrogens with one attached hydrogen (secondary N) is 1. The highest BCUT2D eigenvalue weighted by atomic mass is 19.3. The smallest absolute Gasteiger partial charge is 0.248 e. The Hall–Kier alpha value is -1.99. The van der Waals surface area contributed by atoms with Gasteiger partial charge in [-0.3, -0.25) is 9.59 Å². The molecule has 28 heavy (non-hydrogen) atoms. The van der Waals surface area contributed by atoms with Crippen LogP contribution in [-0.2, 0) is 15.0 Å². The molecule has 1 N–H and O–H groups in total. The van der Waals surface area contributed by atoms with Crippen LogP contribution in [0.4, 0.5) is 14.6 Å². The Morgan fingerprint density at radius 2 is 1.89 bits per heavy atom. The molecule has 0 spiro atoms. The predicted molar refractivity (Wildman–Crippen MR) is 100 cm³/mol. The van der Waals surface area contributed by atoms with E-state index in [1.807, 2.05) is 20.8 Å². The standard InChI is InChI=1S/C20H29F2N3O3/c1-19(2,3)15-11-16(24-28-15)23-17(26)14-5-4-10-25(12-14)18(27)13-6-8-20(21,22)9-7-13/h11,13-14H,4-10,12H2,1-3H3,(H,23,24,26). The summed E-state index contributed by atoms with van der Waals surface area (Å²) in [6.07, 6.45) is 1.37. The van der Waals surface area contributed by atoms with E-state index in [4.69, 9.17) is 4.52 Å². The van der Waals surface area contributed by atoms with Crippen molar-refractivity contribution < 1.29 is 22.9 Å². The minimum Gasteiger partial charge on any atom is -0.359 e. The summed E-state index contributed by atoms with van der Waals surface area (Å²) in [6, 6.07) is 1.71. The normalized spacial score (nSPS) is 23.5. The van der Waals surface area contributed by atoms with Gasteiger partial charge >= 0.3 is 0 Å². The van der Waals surface area contributed by atoms with E-state index in [2.05, 4.69) is 10.5 Å². The van der Waals surface area contributed by atoms with Crippen molar-refractivity contribution in [3.63, 3.8) is 0 Å². The molecule has 1 unspecified atom stereocenters. The number of amides is 2. The van der Waals surface area contributed by atoms with E-state index in [0.29, 0.717) is 31.1 Å². The first-order valence-electron chi connectivity index (χ1n) is 10.00. The lowest BCUT2D eigenvalue weighted by Crippen LogP contribution is -2.47.